The van der Waals surface area contributed by atoms with Crippen molar-refractivity contribution >= 4 is 47.2 Å². The predicted octanol–water partition coefficient (Wildman–Crippen LogP) is 0.0681. The van der Waals surface area contributed by atoms with Crippen molar-refractivity contribution in [2.75, 3.05) is 56.6 Å². The molecule has 19 nitrogen and oxygen atoms in total. The lowest BCUT2D eigenvalue weighted by Gasteiger charge is -2.28. The Hall–Kier alpha value is -4.70. The third-order valence-corrected chi connectivity index (χ3v) is 9.44. The topological polar surface area (TPSA) is 254 Å². The standard InChI is InChI=1S/C33H49F2N9O10S/c1-3-26(47)41(15-16-42(27(48)4-2)17-19-55-18-10-28(49)50)14-11-37-25(46)7-5-6-22-20-43(40-39-22)12-9-29(51)54-30-23(21-45)53-31(33(30,34)35)44-13-8-24(36)38-32(44)52/h8,13,20,23,30-31,45H,3-7,9-12,14-19,21H2,1-2H3,(H,37,46)(H,49,50)(H2,36,38,52)/t23-,30+,31-/m1/s1. The van der Waals surface area contributed by atoms with E-state index in [-0.39, 0.29) is 75.4 Å². The Morgan fingerprint density at radius 1 is 1.05 bits per heavy atom. The molecule has 0 aromatic carbocycles. The van der Waals surface area contributed by atoms with Crippen molar-refractivity contribution in [2.24, 2.45) is 0 Å². The number of carbonyl (C=O) groups is 5. The van der Waals surface area contributed by atoms with Gasteiger partial charge < -0.3 is 40.5 Å². The van der Waals surface area contributed by atoms with Crippen LogP contribution in [0.2, 0.25) is 0 Å². The number of anilines is 1. The zero-order valence-corrected chi connectivity index (χ0v) is 31.6. The van der Waals surface area contributed by atoms with Crippen LogP contribution in [0.1, 0.15) is 64.3 Å². The molecule has 1 aliphatic heterocycles. The van der Waals surface area contributed by atoms with Crippen molar-refractivity contribution < 1.29 is 52.4 Å². The van der Waals surface area contributed by atoms with Crippen LogP contribution in [0.5, 0.6) is 0 Å². The first-order valence-corrected chi connectivity index (χ1v) is 19.0. The number of hydrogen-bond donors (Lipinski definition) is 4. The Kier molecular flexibility index (Phi) is 17.9. The minimum Gasteiger partial charge on any atom is -0.481 e. The number of thioether (sulfide) groups is 1. The lowest BCUT2D eigenvalue weighted by Crippen LogP contribution is -2.44. The maximum atomic E-state index is 15.3. The van der Waals surface area contributed by atoms with Crippen LogP contribution in [0.4, 0.5) is 14.6 Å². The second-order valence-electron chi connectivity index (χ2n) is 12.5. The number of esters is 1. The van der Waals surface area contributed by atoms with E-state index in [1.54, 1.807) is 29.8 Å². The highest BCUT2D eigenvalue weighted by atomic mass is 32.2. The van der Waals surface area contributed by atoms with Crippen LogP contribution < -0.4 is 16.7 Å². The summed E-state index contributed by atoms with van der Waals surface area (Å²) in [6, 6.07) is 1.12. The number of amides is 3. The molecular weight excluding hydrogens is 752 g/mol. The van der Waals surface area contributed by atoms with Gasteiger partial charge in [0.15, 0.2) is 6.10 Å². The number of aliphatic hydroxyl groups is 1. The van der Waals surface area contributed by atoms with Crippen LogP contribution in [0.15, 0.2) is 23.3 Å². The second-order valence-corrected chi connectivity index (χ2v) is 13.7. The first-order chi connectivity index (χ1) is 26.2. The van der Waals surface area contributed by atoms with Gasteiger partial charge in [-0.25, -0.2) is 4.79 Å². The minimum atomic E-state index is -3.89. The molecule has 55 heavy (non-hydrogen) atoms. The average molecular weight is 802 g/mol. The number of halogens is 2. The molecule has 1 aliphatic rings. The maximum Gasteiger partial charge on any atom is 0.351 e. The number of nitrogens with one attached hydrogen (secondary N) is 1. The molecule has 0 spiro atoms. The molecule has 306 valence electrons. The number of carboxylic acid groups (broad SMARTS) is 1. The maximum absolute atomic E-state index is 15.3. The Labute approximate surface area is 319 Å². The Bertz CT molecular complexity index is 1660. The third kappa shape index (κ3) is 13.8. The number of carboxylic acids is 1. The van der Waals surface area contributed by atoms with E-state index in [4.69, 9.17) is 20.3 Å². The van der Waals surface area contributed by atoms with Gasteiger partial charge >= 0.3 is 23.6 Å². The van der Waals surface area contributed by atoms with Crippen LogP contribution in [-0.2, 0) is 46.4 Å². The van der Waals surface area contributed by atoms with Crippen LogP contribution >= 0.6 is 11.8 Å². The zero-order valence-electron chi connectivity index (χ0n) is 30.8. The number of nitrogen functional groups attached to an aromatic ring is 1. The van der Waals surface area contributed by atoms with Crippen molar-refractivity contribution in [3.63, 3.8) is 0 Å². The first-order valence-electron chi connectivity index (χ1n) is 17.9. The number of aliphatic carboxylic acids is 1. The van der Waals surface area contributed by atoms with Gasteiger partial charge in [-0.1, -0.05) is 19.1 Å². The first kappa shape index (κ1) is 44.7. The predicted molar refractivity (Wildman–Crippen MR) is 193 cm³/mol. The van der Waals surface area contributed by atoms with Gasteiger partial charge in [-0.3, -0.25) is 33.2 Å². The Morgan fingerprint density at radius 3 is 2.38 bits per heavy atom. The summed E-state index contributed by atoms with van der Waals surface area (Å²) in [7, 11) is 0. The number of aromatic nitrogens is 5. The molecule has 3 amide bonds. The molecule has 3 heterocycles. The van der Waals surface area contributed by atoms with Gasteiger partial charge in [0.2, 0.25) is 23.9 Å². The van der Waals surface area contributed by atoms with E-state index < -0.39 is 48.6 Å². The number of aryl methyl sites for hydroxylation is 2. The molecule has 0 bridgehead atoms. The second kappa shape index (κ2) is 22.0. The summed E-state index contributed by atoms with van der Waals surface area (Å²) < 4.78 is 42.5. The van der Waals surface area contributed by atoms with E-state index in [0.29, 0.717) is 54.1 Å². The Balaban J connectivity index is 1.39. The molecule has 0 aliphatic carbocycles. The molecule has 1 fully saturated rings. The number of alkyl halides is 2. The van der Waals surface area contributed by atoms with Crippen molar-refractivity contribution in [1.29, 1.82) is 0 Å². The number of ether oxygens (including phenoxy) is 2. The SMILES string of the molecule is CCC(=O)N(CCNC(=O)CCCc1cn(CCC(=O)O[C@H]2[C@@H](CO)O[C@@H](n3ccc(N)nc3=O)C2(F)F)nn1)CCN(CCSCCC(=O)O)C(=O)CC. The summed E-state index contributed by atoms with van der Waals surface area (Å²) in [5, 5.41) is 29.1. The minimum absolute atomic E-state index is 0.0408. The highest BCUT2D eigenvalue weighted by Gasteiger charge is 2.62. The van der Waals surface area contributed by atoms with Crippen LogP contribution in [0.25, 0.3) is 0 Å². The van der Waals surface area contributed by atoms with E-state index in [9.17, 15) is 33.9 Å². The number of nitrogens with two attached hydrogens (primary N) is 1. The fourth-order valence-electron chi connectivity index (χ4n) is 5.53. The quantitative estimate of drug-likeness (QED) is 0.0810. The lowest BCUT2D eigenvalue weighted by atomic mass is 10.1. The van der Waals surface area contributed by atoms with Crippen molar-refractivity contribution in [1.82, 2.24) is 39.7 Å². The van der Waals surface area contributed by atoms with Crippen molar-refractivity contribution in [2.45, 2.75) is 89.7 Å². The van der Waals surface area contributed by atoms with Gasteiger partial charge in [0.1, 0.15) is 11.9 Å². The fraction of sp³-hybridized carbons (Fsp3) is 0.667. The zero-order chi connectivity index (χ0) is 40.5. The van der Waals surface area contributed by atoms with Gasteiger partial charge in [-0.05, 0) is 18.9 Å². The molecule has 3 rings (SSSR count). The largest absolute Gasteiger partial charge is 0.481 e. The van der Waals surface area contributed by atoms with Crippen LogP contribution in [0.3, 0.4) is 0 Å². The van der Waals surface area contributed by atoms with Crippen molar-refractivity contribution in [3.05, 3.63) is 34.6 Å². The molecule has 5 N–H and O–H groups in total. The normalized spacial score (nSPS) is 17.4. The van der Waals surface area contributed by atoms with Crippen LogP contribution in [-0.4, -0.2) is 143 Å². The molecule has 0 unspecified atom stereocenters. The number of hydrogen-bond acceptors (Lipinski definition) is 14. The van der Waals surface area contributed by atoms with Gasteiger partial charge in [-0.2, -0.15) is 25.5 Å². The monoisotopic (exact) mass is 801 g/mol. The van der Waals surface area contributed by atoms with Crippen LogP contribution in [0, 0.1) is 0 Å². The summed E-state index contributed by atoms with van der Waals surface area (Å²) in [5.74, 6) is -5.40. The number of carbonyl (C=O) groups excluding carboxylic acids is 4. The number of nitrogens with zero attached hydrogens (tertiary/aromatic N) is 7. The number of aliphatic hydroxyl groups excluding tert-OH is 1. The molecule has 0 saturated carbocycles. The lowest BCUT2D eigenvalue weighted by molar-refractivity contribution is -0.176. The van der Waals surface area contributed by atoms with Gasteiger partial charge in [-0.15, -0.1) is 5.10 Å². The molecule has 22 heteroatoms. The summed E-state index contributed by atoms with van der Waals surface area (Å²) in [4.78, 5) is 79.6. The molecular formula is C33H49F2N9O10S. The molecule has 2 aromatic heterocycles. The van der Waals surface area contributed by atoms with Gasteiger partial charge in [0.05, 0.1) is 31.7 Å². The van der Waals surface area contributed by atoms with E-state index >= 15 is 8.78 Å². The Morgan fingerprint density at radius 2 is 1.75 bits per heavy atom. The number of rotatable bonds is 24. The average Bonchev–Trinajstić information content (AvgIpc) is 3.70. The molecule has 2 aromatic rings. The summed E-state index contributed by atoms with van der Waals surface area (Å²) in [6.07, 6.45) is -2.32. The van der Waals surface area contributed by atoms with E-state index in [0.717, 1.165) is 12.3 Å². The smallest absolute Gasteiger partial charge is 0.351 e. The van der Waals surface area contributed by atoms with Crippen molar-refractivity contribution in [3.8, 4) is 0 Å². The summed E-state index contributed by atoms with van der Waals surface area (Å²) in [6.45, 7) is 4.00. The highest BCUT2D eigenvalue weighted by Crippen LogP contribution is 2.44. The van der Waals surface area contributed by atoms with Gasteiger partial charge in [0, 0.05) is 75.9 Å². The van der Waals surface area contributed by atoms with Gasteiger partial charge in [0.25, 0.3) is 0 Å². The fourth-order valence-corrected chi connectivity index (χ4v) is 6.40. The van der Waals surface area contributed by atoms with E-state index in [2.05, 4.69) is 20.6 Å². The molecule has 1 saturated heterocycles. The van der Waals surface area contributed by atoms with E-state index in [1.807, 2.05) is 0 Å². The third-order valence-electron chi connectivity index (χ3n) is 8.48. The highest BCUT2D eigenvalue weighted by molar-refractivity contribution is 7.99. The summed E-state index contributed by atoms with van der Waals surface area (Å²) in [5.41, 5.74) is 4.84. The summed E-state index contributed by atoms with van der Waals surface area (Å²) >= 11 is 1.44. The van der Waals surface area contributed by atoms with E-state index in [1.165, 1.54) is 16.4 Å². The molecule has 3 atom stereocenters. The molecule has 0 radical (unpaired) electrons.